The van der Waals surface area contributed by atoms with Crippen molar-refractivity contribution in [1.82, 2.24) is 0 Å². The zero-order chi connectivity index (χ0) is 16.4. The summed E-state index contributed by atoms with van der Waals surface area (Å²) in [4.78, 5) is 22.2. The van der Waals surface area contributed by atoms with Gasteiger partial charge in [0.25, 0.3) is 5.69 Å². The second-order valence-electron chi connectivity index (χ2n) is 4.85. The standard InChI is InChI=1S/C17H11NO5/c19-13-7-8-14-12(9-17(20)23-16(14)10-13)6-5-11-3-1-2-4-15(11)18(21)22/h1-10,19H/b6-5+. The third-order valence-corrected chi connectivity index (χ3v) is 3.34. The average molecular weight is 309 g/mol. The van der Waals surface area contributed by atoms with Crippen LogP contribution in [0.15, 0.2) is 57.7 Å². The highest BCUT2D eigenvalue weighted by molar-refractivity contribution is 5.90. The Hall–Kier alpha value is -3.41. The molecule has 1 heterocycles. The molecule has 0 saturated carbocycles. The monoisotopic (exact) mass is 309 g/mol. The summed E-state index contributed by atoms with van der Waals surface area (Å²) < 4.78 is 5.04. The molecule has 3 rings (SSSR count). The summed E-state index contributed by atoms with van der Waals surface area (Å²) in [5.41, 5.74) is 0.644. The van der Waals surface area contributed by atoms with E-state index >= 15 is 0 Å². The molecule has 0 saturated heterocycles. The number of nitro groups is 1. The van der Waals surface area contributed by atoms with Gasteiger partial charge < -0.3 is 9.52 Å². The SMILES string of the molecule is O=c1cc(/C=C/c2ccccc2[N+](=O)[O-])c2ccc(O)cc2o1. The Labute approximate surface area is 130 Å². The third-order valence-electron chi connectivity index (χ3n) is 3.34. The molecule has 0 aliphatic heterocycles. The smallest absolute Gasteiger partial charge is 0.336 e. The normalized spacial score (nSPS) is 11.1. The minimum Gasteiger partial charge on any atom is -0.508 e. The molecule has 114 valence electrons. The van der Waals surface area contributed by atoms with Crippen LogP contribution < -0.4 is 5.63 Å². The lowest BCUT2D eigenvalue weighted by Gasteiger charge is -2.02. The van der Waals surface area contributed by atoms with Gasteiger partial charge in [-0.15, -0.1) is 0 Å². The van der Waals surface area contributed by atoms with Gasteiger partial charge in [0.05, 0.1) is 10.5 Å². The molecule has 0 aliphatic rings. The third kappa shape index (κ3) is 2.96. The predicted octanol–water partition coefficient (Wildman–Crippen LogP) is 3.58. The van der Waals surface area contributed by atoms with E-state index in [1.807, 2.05) is 0 Å². The van der Waals surface area contributed by atoms with E-state index in [9.17, 15) is 20.0 Å². The summed E-state index contributed by atoms with van der Waals surface area (Å²) >= 11 is 0. The molecule has 0 aliphatic carbocycles. The maximum Gasteiger partial charge on any atom is 0.336 e. The number of benzene rings is 2. The van der Waals surface area contributed by atoms with Crippen LogP contribution in [0.5, 0.6) is 5.75 Å². The van der Waals surface area contributed by atoms with Gasteiger partial charge in [-0.3, -0.25) is 10.1 Å². The van der Waals surface area contributed by atoms with E-state index in [0.717, 1.165) is 0 Å². The molecule has 2 aromatic carbocycles. The van der Waals surface area contributed by atoms with Crippen LogP contribution in [0, 0.1) is 10.1 Å². The summed E-state index contributed by atoms with van der Waals surface area (Å²) in [6.45, 7) is 0. The van der Waals surface area contributed by atoms with Gasteiger partial charge in [-0.25, -0.2) is 4.79 Å². The van der Waals surface area contributed by atoms with Crippen LogP contribution in [-0.2, 0) is 0 Å². The van der Waals surface area contributed by atoms with Crippen molar-refractivity contribution in [2.45, 2.75) is 0 Å². The molecular weight excluding hydrogens is 298 g/mol. The topological polar surface area (TPSA) is 93.6 Å². The number of para-hydroxylation sites is 1. The lowest BCUT2D eigenvalue weighted by Crippen LogP contribution is -1.97. The molecule has 1 aromatic heterocycles. The van der Waals surface area contributed by atoms with Gasteiger partial charge in [-0.1, -0.05) is 18.2 Å². The molecule has 6 heteroatoms. The van der Waals surface area contributed by atoms with Crippen LogP contribution >= 0.6 is 0 Å². The van der Waals surface area contributed by atoms with Gasteiger partial charge in [0, 0.05) is 23.6 Å². The Balaban J connectivity index is 2.12. The van der Waals surface area contributed by atoms with Crippen LogP contribution in [0.3, 0.4) is 0 Å². The number of nitro benzene ring substituents is 1. The van der Waals surface area contributed by atoms with E-state index in [1.165, 1.54) is 24.3 Å². The van der Waals surface area contributed by atoms with Crippen LogP contribution in [0.4, 0.5) is 5.69 Å². The molecule has 0 radical (unpaired) electrons. The summed E-state index contributed by atoms with van der Waals surface area (Å²) in [5.74, 6) is -0.0134. The summed E-state index contributed by atoms with van der Waals surface area (Å²) in [6.07, 6.45) is 3.18. The highest BCUT2D eigenvalue weighted by Crippen LogP contribution is 2.25. The second kappa shape index (κ2) is 5.76. The van der Waals surface area contributed by atoms with Crippen LogP contribution in [0.25, 0.3) is 23.1 Å². The molecule has 1 N–H and O–H groups in total. The van der Waals surface area contributed by atoms with Crippen molar-refractivity contribution in [2.24, 2.45) is 0 Å². The van der Waals surface area contributed by atoms with Crippen LogP contribution in [0.2, 0.25) is 0 Å². The maximum absolute atomic E-state index is 11.6. The molecule has 0 fully saturated rings. The van der Waals surface area contributed by atoms with Crippen molar-refractivity contribution < 1.29 is 14.4 Å². The summed E-state index contributed by atoms with van der Waals surface area (Å²) in [5, 5.41) is 21.1. The van der Waals surface area contributed by atoms with Crippen molar-refractivity contribution in [1.29, 1.82) is 0 Å². The van der Waals surface area contributed by atoms with E-state index in [4.69, 9.17) is 4.42 Å². The zero-order valence-corrected chi connectivity index (χ0v) is 11.8. The highest BCUT2D eigenvalue weighted by atomic mass is 16.6. The minimum absolute atomic E-state index is 0.0134. The number of hydrogen-bond donors (Lipinski definition) is 1. The van der Waals surface area contributed by atoms with E-state index in [2.05, 4.69) is 0 Å². The molecule has 6 nitrogen and oxygen atoms in total. The maximum atomic E-state index is 11.6. The lowest BCUT2D eigenvalue weighted by atomic mass is 10.1. The largest absolute Gasteiger partial charge is 0.508 e. The predicted molar refractivity (Wildman–Crippen MR) is 86.2 cm³/mol. The van der Waals surface area contributed by atoms with Crippen LogP contribution in [0.1, 0.15) is 11.1 Å². The quantitative estimate of drug-likeness (QED) is 0.453. The van der Waals surface area contributed by atoms with Crippen molar-refractivity contribution in [3.63, 3.8) is 0 Å². The van der Waals surface area contributed by atoms with E-state index in [0.29, 0.717) is 16.5 Å². The first kappa shape index (κ1) is 14.5. The van der Waals surface area contributed by atoms with Crippen molar-refractivity contribution >= 4 is 28.8 Å². The van der Waals surface area contributed by atoms with Gasteiger partial charge in [-0.05, 0) is 29.8 Å². The zero-order valence-electron chi connectivity index (χ0n) is 11.8. The highest BCUT2D eigenvalue weighted by Gasteiger charge is 2.10. The fourth-order valence-corrected chi connectivity index (χ4v) is 2.29. The Morgan fingerprint density at radius 1 is 1.04 bits per heavy atom. The Bertz CT molecular complexity index is 988. The van der Waals surface area contributed by atoms with Crippen LogP contribution in [-0.4, -0.2) is 10.0 Å². The fourth-order valence-electron chi connectivity index (χ4n) is 2.29. The number of phenolic OH excluding ortho intramolecular Hbond substituents is 1. The first-order valence-corrected chi connectivity index (χ1v) is 6.73. The fraction of sp³-hybridized carbons (Fsp3) is 0. The number of fused-ring (bicyclic) bond motifs is 1. The second-order valence-corrected chi connectivity index (χ2v) is 4.85. The van der Waals surface area contributed by atoms with Crippen molar-refractivity contribution in [3.05, 3.63) is 80.2 Å². The van der Waals surface area contributed by atoms with Gasteiger partial charge in [0.15, 0.2) is 0 Å². The minimum atomic E-state index is -0.565. The molecule has 0 bridgehead atoms. The van der Waals surface area contributed by atoms with E-state index in [1.54, 1.807) is 36.4 Å². The van der Waals surface area contributed by atoms with Gasteiger partial charge in [0.2, 0.25) is 0 Å². The van der Waals surface area contributed by atoms with Crippen molar-refractivity contribution in [2.75, 3.05) is 0 Å². The van der Waals surface area contributed by atoms with Crippen molar-refractivity contribution in [3.8, 4) is 5.75 Å². The molecule has 0 amide bonds. The number of aromatic hydroxyl groups is 1. The molecule has 23 heavy (non-hydrogen) atoms. The Morgan fingerprint density at radius 2 is 1.78 bits per heavy atom. The Kier molecular flexibility index (Phi) is 3.64. The molecule has 0 atom stereocenters. The van der Waals surface area contributed by atoms with Gasteiger partial charge >= 0.3 is 5.63 Å². The van der Waals surface area contributed by atoms with E-state index in [-0.39, 0.29) is 17.0 Å². The average Bonchev–Trinajstić information content (AvgIpc) is 2.52. The first-order chi connectivity index (χ1) is 11.0. The molecule has 0 spiro atoms. The molecule has 0 unspecified atom stereocenters. The number of nitrogens with zero attached hydrogens (tertiary/aromatic N) is 1. The number of rotatable bonds is 3. The molecule has 3 aromatic rings. The summed E-state index contributed by atoms with van der Waals surface area (Å²) in [6, 6.07) is 12.1. The van der Waals surface area contributed by atoms with E-state index < -0.39 is 10.5 Å². The lowest BCUT2D eigenvalue weighted by molar-refractivity contribution is -0.385. The Morgan fingerprint density at radius 3 is 2.57 bits per heavy atom. The molecular formula is C17H11NO5. The number of hydrogen-bond acceptors (Lipinski definition) is 5. The van der Waals surface area contributed by atoms with Gasteiger partial charge in [-0.2, -0.15) is 0 Å². The van der Waals surface area contributed by atoms with Gasteiger partial charge in [0.1, 0.15) is 11.3 Å². The number of phenols is 1. The summed E-state index contributed by atoms with van der Waals surface area (Å²) in [7, 11) is 0. The first-order valence-electron chi connectivity index (χ1n) is 6.73.